The summed E-state index contributed by atoms with van der Waals surface area (Å²) in [7, 11) is 0. The Bertz CT molecular complexity index is 689. The summed E-state index contributed by atoms with van der Waals surface area (Å²) in [6.45, 7) is 2.41. The van der Waals surface area contributed by atoms with Crippen molar-refractivity contribution in [3.05, 3.63) is 54.2 Å². The Hall–Kier alpha value is -2.18. The van der Waals surface area contributed by atoms with Crippen molar-refractivity contribution in [3.8, 4) is 0 Å². The number of morpholine rings is 1. The van der Waals surface area contributed by atoms with Crippen LogP contribution in [0.4, 0.5) is 0 Å². The predicted octanol–water partition coefficient (Wildman–Crippen LogP) is 2.51. The first-order chi connectivity index (χ1) is 12.3. The molecule has 25 heavy (non-hydrogen) atoms. The summed E-state index contributed by atoms with van der Waals surface area (Å²) in [6, 6.07) is 7.66. The number of hydrogen-bond donors (Lipinski definition) is 0. The van der Waals surface area contributed by atoms with Crippen LogP contribution in [0.1, 0.15) is 28.9 Å². The van der Waals surface area contributed by atoms with Gasteiger partial charge >= 0.3 is 0 Å². The lowest BCUT2D eigenvalue weighted by Crippen LogP contribution is -2.51. The van der Waals surface area contributed by atoms with Crippen LogP contribution >= 0.6 is 0 Å². The molecule has 0 aromatic carbocycles. The molecule has 2 aromatic heterocycles. The quantitative estimate of drug-likeness (QED) is 0.835. The van der Waals surface area contributed by atoms with Gasteiger partial charge < -0.3 is 18.8 Å². The summed E-state index contributed by atoms with van der Waals surface area (Å²) in [6.07, 6.45) is 6.77. The fraction of sp³-hybridized carbons (Fsp3) is 0.474. The lowest BCUT2D eigenvalue weighted by Gasteiger charge is -2.37. The lowest BCUT2D eigenvalue weighted by atomic mass is 10.1. The van der Waals surface area contributed by atoms with Crippen LogP contribution in [0.15, 0.2) is 47.4 Å². The van der Waals surface area contributed by atoms with E-state index in [1.807, 2.05) is 23.1 Å². The molecular formula is C19H22N2O4. The van der Waals surface area contributed by atoms with Gasteiger partial charge in [-0.25, -0.2) is 0 Å². The van der Waals surface area contributed by atoms with Crippen molar-refractivity contribution in [2.45, 2.75) is 31.6 Å². The molecule has 0 bridgehead atoms. The summed E-state index contributed by atoms with van der Waals surface area (Å²) in [5.74, 6) is 0.429. The van der Waals surface area contributed by atoms with E-state index in [-0.39, 0.29) is 18.1 Å². The minimum absolute atomic E-state index is 0.0297. The van der Waals surface area contributed by atoms with Gasteiger partial charge in [0.25, 0.3) is 5.91 Å². The highest BCUT2D eigenvalue weighted by molar-refractivity contribution is 5.94. The van der Waals surface area contributed by atoms with E-state index in [1.54, 1.807) is 12.3 Å². The zero-order valence-electron chi connectivity index (χ0n) is 14.0. The molecule has 3 heterocycles. The number of fused-ring (bicyclic) bond motifs is 1. The monoisotopic (exact) mass is 342 g/mol. The van der Waals surface area contributed by atoms with Gasteiger partial charge in [0.05, 0.1) is 49.5 Å². The normalized spacial score (nSPS) is 25.8. The molecule has 1 aliphatic carbocycles. The molecule has 0 radical (unpaired) electrons. The maximum atomic E-state index is 12.7. The number of pyridine rings is 1. The Morgan fingerprint density at radius 1 is 1.32 bits per heavy atom. The lowest BCUT2D eigenvalue weighted by molar-refractivity contribution is -0.0450. The third-order valence-electron chi connectivity index (χ3n) is 4.99. The first-order valence-electron chi connectivity index (χ1n) is 8.73. The Labute approximate surface area is 146 Å². The average molecular weight is 342 g/mol. The summed E-state index contributed by atoms with van der Waals surface area (Å²) in [5.41, 5.74) is 1.54. The molecule has 1 amide bonds. The van der Waals surface area contributed by atoms with Crippen LogP contribution in [-0.4, -0.2) is 47.7 Å². The number of rotatable bonds is 5. The summed E-state index contributed by atoms with van der Waals surface area (Å²) < 4.78 is 16.8. The zero-order chi connectivity index (χ0) is 17.1. The molecule has 2 fully saturated rings. The van der Waals surface area contributed by atoms with Gasteiger partial charge in [0, 0.05) is 12.7 Å². The van der Waals surface area contributed by atoms with Crippen molar-refractivity contribution in [2.24, 2.45) is 5.92 Å². The Kier molecular flexibility index (Phi) is 4.81. The number of carbonyl (C=O) groups is 1. The highest BCUT2D eigenvalue weighted by atomic mass is 16.5. The molecule has 0 spiro atoms. The van der Waals surface area contributed by atoms with Gasteiger partial charge in [0.1, 0.15) is 6.26 Å². The van der Waals surface area contributed by atoms with Crippen LogP contribution in [0.25, 0.3) is 0 Å². The maximum Gasteiger partial charge on any atom is 0.257 e. The van der Waals surface area contributed by atoms with Crippen molar-refractivity contribution in [1.82, 2.24) is 9.88 Å². The van der Waals surface area contributed by atoms with E-state index in [9.17, 15) is 4.79 Å². The van der Waals surface area contributed by atoms with Gasteiger partial charge in [-0.15, -0.1) is 0 Å². The van der Waals surface area contributed by atoms with E-state index < -0.39 is 0 Å². The summed E-state index contributed by atoms with van der Waals surface area (Å²) in [5, 5.41) is 0. The first-order valence-corrected chi connectivity index (χ1v) is 8.73. The van der Waals surface area contributed by atoms with E-state index >= 15 is 0 Å². The van der Waals surface area contributed by atoms with E-state index in [2.05, 4.69) is 4.98 Å². The number of amides is 1. The maximum absolute atomic E-state index is 12.7. The summed E-state index contributed by atoms with van der Waals surface area (Å²) in [4.78, 5) is 18.9. The Morgan fingerprint density at radius 3 is 3.08 bits per heavy atom. The van der Waals surface area contributed by atoms with Crippen molar-refractivity contribution >= 4 is 5.91 Å². The highest BCUT2D eigenvalue weighted by Crippen LogP contribution is 2.35. The second-order valence-corrected chi connectivity index (χ2v) is 6.66. The number of nitrogens with zero attached hydrogens (tertiary/aromatic N) is 2. The molecule has 0 N–H and O–H groups in total. The second kappa shape index (κ2) is 7.37. The van der Waals surface area contributed by atoms with E-state index in [0.29, 0.717) is 37.8 Å². The molecule has 2 aliphatic rings. The third-order valence-corrected chi connectivity index (χ3v) is 4.99. The largest absolute Gasteiger partial charge is 0.472 e. The van der Waals surface area contributed by atoms with Gasteiger partial charge in [0.15, 0.2) is 0 Å². The van der Waals surface area contributed by atoms with Crippen molar-refractivity contribution in [2.75, 3.05) is 19.8 Å². The number of hydrogen-bond acceptors (Lipinski definition) is 5. The molecular weight excluding hydrogens is 320 g/mol. The topological polar surface area (TPSA) is 64.8 Å². The smallest absolute Gasteiger partial charge is 0.257 e. The van der Waals surface area contributed by atoms with Gasteiger partial charge in [-0.2, -0.15) is 0 Å². The number of aromatic nitrogens is 1. The Balaban J connectivity index is 1.33. The van der Waals surface area contributed by atoms with Gasteiger partial charge in [-0.3, -0.25) is 9.78 Å². The zero-order valence-corrected chi connectivity index (χ0v) is 14.0. The molecule has 1 aliphatic heterocycles. The fourth-order valence-corrected chi connectivity index (χ4v) is 3.80. The van der Waals surface area contributed by atoms with Crippen LogP contribution in [0.3, 0.4) is 0 Å². The van der Waals surface area contributed by atoms with Gasteiger partial charge in [-0.05, 0) is 37.0 Å². The second-order valence-electron chi connectivity index (χ2n) is 6.66. The van der Waals surface area contributed by atoms with Crippen LogP contribution in [0.2, 0.25) is 0 Å². The number of carbonyl (C=O) groups excluding carboxylic acids is 1. The molecule has 2 aromatic rings. The van der Waals surface area contributed by atoms with Crippen LogP contribution < -0.4 is 0 Å². The van der Waals surface area contributed by atoms with E-state index in [0.717, 1.165) is 18.5 Å². The Morgan fingerprint density at radius 2 is 2.28 bits per heavy atom. The van der Waals surface area contributed by atoms with E-state index in [1.165, 1.54) is 12.5 Å². The molecule has 3 atom stereocenters. The minimum Gasteiger partial charge on any atom is -0.472 e. The molecule has 0 unspecified atom stereocenters. The van der Waals surface area contributed by atoms with Crippen LogP contribution in [0.5, 0.6) is 0 Å². The highest BCUT2D eigenvalue weighted by Gasteiger charge is 2.43. The fourth-order valence-electron chi connectivity index (χ4n) is 3.80. The average Bonchev–Trinajstić information content (AvgIpc) is 3.31. The minimum atomic E-state index is 0.0297. The predicted molar refractivity (Wildman–Crippen MR) is 89.9 cm³/mol. The van der Waals surface area contributed by atoms with Crippen LogP contribution in [-0.2, 0) is 16.1 Å². The number of furan rings is 1. The van der Waals surface area contributed by atoms with Crippen molar-refractivity contribution < 1.29 is 18.7 Å². The standard InChI is InChI=1S/C19H22N2O4/c22-19(15-4-7-23-12-15)21-6-8-25-18-10-14(9-17(18)21)11-24-13-16-3-1-2-5-20-16/h1-5,7,12,14,17-18H,6,8-11,13H2/t14-,17-,18-/m1/s1. The molecule has 132 valence electrons. The molecule has 1 saturated heterocycles. The first kappa shape index (κ1) is 16.3. The van der Waals surface area contributed by atoms with Crippen molar-refractivity contribution in [3.63, 3.8) is 0 Å². The molecule has 6 nitrogen and oxygen atoms in total. The molecule has 4 rings (SSSR count). The SMILES string of the molecule is O=C(c1ccoc1)N1CCO[C@@H]2C[C@H](COCc3ccccn3)C[C@H]21. The molecule has 6 heteroatoms. The number of ether oxygens (including phenoxy) is 2. The van der Waals surface area contributed by atoms with Gasteiger partial charge in [-0.1, -0.05) is 6.07 Å². The third kappa shape index (κ3) is 3.60. The van der Waals surface area contributed by atoms with Gasteiger partial charge in [0.2, 0.25) is 0 Å². The van der Waals surface area contributed by atoms with Crippen LogP contribution in [0, 0.1) is 5.92 Å². The molecule has 1 saturated carbocycles. The summed E-state index contributed by atoms with van der Waals surface area (Å²) >= 11 is 0. The van der Waals surface area contributed by atoms with E-state index in [4.69, 9.17) is 13.9 Å². The van der Waals surface area contributed by atoms with Crippen molar-refractivity contribution in [1.29, 1.82) is 0 Å².